The maximum atomic E-state index is 13.9. The fraction of sp³-hybridized carbons (Fsp3) is 0.294. The van der Waals surface area contributed by atoms with Crippen molar-refractivity contribution >= 4 is 27.7 Å². The highest BCUT2D eigenvalue weighted by molar-refractivity contribution is 6.07. The molecule has 0 aliphatic rings. The summed E-state index contributed by atoms with van der Waals surface area (Å²) in [5.74, 6) is 0.631. The quantitative estimate of drug-likeness (QED) is 0.125. The zero-order chi connectivity index (χ0) is 30.5. The van der Waals surface area contributed by atoms with Crippen LogP contribution in [0.4, 0.5) is 0 Å². The van der Waals surface area contributed by atoms with Crippen LogP contribution in [0.1, 0.15) is 40.7 Å². The molecule has 0 aliphatic carbocycles. The van der Waals surface area contributed by atoms with Gasteiger partial charge in [-0.3, -0.25) is 4.79 Å². The van der Waals surface area contributed by atoms with Gasteiger partial charge in [-0.1, -0.05) is 31.2 Å². The van der Waals surface area contributed by atoms with Crippen molar-refractivity contribution in [1.29, 1.82) is 0 Å². The van der Waals surface area contributed by atoms with Crippen molar-refractivity contribution < 1.29 is 28.8 Å². The second-order valence-electron chi connectivity index (χ2n) is 10.4. The molecule has 9 heteroatoms. The summed E-state index contributed by atoms with van der Waals surface area (Å²) in [6.07, 6.45) is 2.38. The number of aromatic amines is 1. The predicted molar refractivity (Wildman–Crippen MR) is 167 cm³/mol. The molecule has 0 saturated heterocycles. The first kappa shape index (κ1) is 29.9. The summed E-state index contributed by atoms with van der Waals surface area (Å²) in [4.78, 5) is 22.1. The lowest BCUT2D eigenvalue weighted by molar-refractivity contribution is 0.0729. The monoisotopic (exact) mass is 583 g/mol. The average Bonchev–Trinajstić information content (AvgIpc) is 3.47. The Kier molecular flexibility index (Phi) is 9.13. The Bertz CT molecular complexity index is 1720. The molecule has 43 heavy (non-hydrogen) atoms. The van der Waals surface area contributed by atoms with Crippen LogP contribution in [-0.4, -0.2) is 62.3 Å². The molecule has 9 nitrogen and oxygen atoms in total. The molecular weight excluding hydrogens is 546 g/mol. The van der Waals surface area contributed by atoms with E-state index in [1.807, 2.05) is 55.6 Å². The molecule has 1 unspecified atom stereocenters. The van der Waals surface area contributed by atoms with E-state index in [2.05, 4.69) is 10.3 Å². The molecule has 0 bridgehead atoms. The van der Waals surface area contributed by atoms with Gasteiger partial charge in [0.2, 0.25) is 5.75 Å². The van der Waals surface area contributed by atoms with Crippen molar-refractivity contribution in [2.75, 3.05) is 35.0 Å². The molecule has 3 N–H and O–H groups in total. The number of rotatable bonds is 12. The zero-order valence-corrected chi connectivity index (χ0v) is 25.1. The van der Waals surface area contributed by atoms with Crippen molar-refractivity contribution in [3.05, 3.63) is 83.6 Å². The van der Waals surface area contributed by atoms with Crippen LogP contribution in [0.3, 0.4) is 0 Å². The summed E-state index contributed by atoms with van der Waals surface area (Å²) in [5, 5.41) is 15.7. The topological polar surface area (TPSA) is 115 Å². The van der Waals surface area contributed by atoms with Gasteiger partial charge in [-0.25, -0.2) is 4.98 Å². The predicted octanol–water partition coefficient (Wildman–Crippen LogP) is 5.84. The van der Waals surface area contributed by atoms with Crippen LogP contribution in [-0.2, 0) is 11.2 Å². The number of H-pyrrole nitrogens is 1. The number of aromatic nitrogens is 2. The number of aryl methyl sites for hydroxylation is 1. The number of nitrogens with one attached hydrogen (secondary N) is 2. The normalized spacial score (nSPS) is 12.7. The fourth-order valence-electron chi connectivity index (χ4n) is 5.39. The average molecular weight is 584 g/mol. The number of amides is 1. The number of aliphatic hydroxyl groups is 1. The summed E-state index contributed by atoms with van der Waals surface area (Å²) in [6.45, 7) is 2.53. The van der Waals surface area contributed by atoms with Crippen LogP contribution in [0, 0.1) is 0 Å². The van der Waals surface area contributed by atoms with Crippen LogP contribution in [0.2, 0.25) is 0 Å². The van der Waals surface area contributed by atoms with Gasteiger partial charge < -0.3 is 34.4 Å². The molecule has 0 saturated carbocycles. The third-order valence-electron chi connectivity index (χ3n) is 7.76. The number of carbonyl (C=O) groups is 1. The van der Waals surface area contributed by atoms with Crippen molar-refractivity contribution in [2.45, 2.75) is 31.9 Å². The van der Waals surface area contributed by atoms with Crippen LogP contribution >= 0.6 is 0 Å². The largest absolute Gasteiger partial charge is 0.493 e. The minimum absolute atomic E-state index is 0.368. The van der Waals surface area contributed by atoms with E-state index < -0.39 is 12.1 Å². The molecule has 2 aromatic heterocycles. The van der Waals surface area contributed by atoms with Crippen LogP contribution in [0.5, 0.6) is 17.2 Å². The van der Waals surface area contributed by atoms with E-state index in [9.17, 15) is 9.90 Å². The van der Waals surface area contributed by atoms with E-state index in [4.69, 9.17) is 23.9 Å². The highest BCUT2D eigenvalue weighted by Gasteiger charge is 2.24. The Morgan fingerprint density at radius 1 is 0.953 bits per heavy atom. The molecule has 0 fully saturated rings. The van der Waals surface area contributed by atoms with Crippen molar-refractivity contribution in [3.63, 3.8) is 0 Å². The van der Waals surface area contributed by atoms with Crippen molar-refractivity contribution in [1.82, 2.24) is 15.3 Å². The van der Waals surface area contributed by atoms with Gasteiger partial charge in [-0.15, -0.1) is 0 Å². The molecule has 224 valence electrons. The lowest BCUT2D eigenvalue weighted by Gasteiger charge is -2.21. The van der Waals surface area contributed by atoms with E-state index in [1.165, 1.54) is 0 Å². The number of methoxy groups -OCH3 is 4. The fourth-order valence-corrected chi connectivity index (χ4v) is 5.39. The molecule has 0 radical (unpaired) electrons. The van der Waals surface area contributed by atoms with E-state index in [-0.39, 0.29) is 5.92 Å². The zero-order valence-electron chi connectivity index (χ0n) is 25.1. The minimum Gasteiger partial charge on any atom is -0.493 e. The first-order valence-corrected chi connectivity index (χ1v) is 14.2. The minimum atomic E-state index is -1.13. The summed E-state index contributed by atoms with van der Waals surface area (Å²) < 4.78 is 21.8. The molecule has 5 rings (SSSR count). The Hall–Kier alpha value is -4.60. The number of benzene rings is 3. The second-order valence-corrected chi connectivity index (χ2v) is 10.4. The molecule has 2 heterocycles. The maximum Gasteiger partial charge on any atom is 0.254 e. The van der Waals surface area contributed by atoms with E-state index in [0.29, 0.717) is 51.6 Å². The van der Waals surface area contributed by atoms with Crippen LogP contribution in [0.15, 0.2) is 66.9 Å². The van der Waals surface area contributed by atoms with Gasteiger partial charge in [-0.2, -0.15) is 0 Å². The lowest BCUT2D eigenvalue weighted by Crippen LogP contribution is -2.38. The Morgan fingerprint density at radius 3 is 2.40 bits per heavy atom. The summed E-state index contributed by atoms with van der Waals surface area (Å²) in [5.41, 5.74) is 5.22. The third-order valence-corrected chi connectivity index (χ3v) is 7.76. The summed E-state index contributed by atoms with van der Waals surface area (Å²) >= 11 is 0. The molecule has 5 aromatic rings. The second kappa shape index (κ2) is 13.1. The maximum absolute atomic E-state index is 13.9. The number of nitrogens with zero attached hydrogens (tertiary/aromatic N) is 1. The third kappa shape index (κ3) is 6.14. The number of carbonyl (C=O) groups excluding carboxylic acids is 1. The summed E-state index contributed by atoms with van der Waals surface area (Å²) in [6, 6.07) is 19.1. The molecule has 0 aliphatic heterocycles. The Balaban J connectivity index is 1.55. The highest BCUT2D eigenvalue weighted by atomic mass is 16.5. The number of fused-ring (bicyclic) bond motifs is 2. The smallest absolute Gasteiger partial charge is 0.254 e. The number of hydrogen-bond acceptors (Lipinski definition) is 7. The lowest BCUT2D eigenvalue weighted by atomic mass is 9.97. The number of pyridine rings is 1. The Labute approximate surface area is 250 Å². The van der Waals surface area contributed by atoms with Crippen LogP contribution in [0.25, 0.3) is 33.1 Å². The SMILES string of the molecule is COCCCc1ccc2nc(-c3cc(OC)c(OC)c(OC)c3)cc(C(=O)N[C@H](O)C(C)c3c[nH]c4ccccc34)c2c1. The number of hydrogen-bond donors (Lipinski definition) is 3. The molecule has 2 atom stereocenters. The number of ether oxygens (including phenoxy) is 4. The van der Waals surface area contributed by atoms with E-state index in [0.717, 1.165) is 34.9 Å². The van der Waals surface area contributed by atoms with Crippen molar-refractivity contribution in [2.24, 2.45) is 0 Å². The van der Waals surface area contributed by atoms with Gasteiger partial charge in [0, 0.05) is 47.7 Å². The van der Waals surface area contributed by atoms with Gasteiger partial charge >= 0.3 is 0 Å². The first-order chi connectivity index (χ1) is 20.9. The van der Waals surface area contributed by atoms with Crippen LogP contribution < -0.4 is 19.5 Å². The van der Waals surface area contributed by atoms with Gasteiger partial charge in [0.1, 0.15) is 6.23 Å². The number of aliphatic hydroxyl groups excluding tert-OH is 1. The molecular formula is C34H37N3O6. The summed E-state index contributed by atoms with van der Waals surface area (Å²) in [7, 11) is 6.33. The van der Waals surface area contributed by atoms with Gasteiger partial charge in [0.05, 0.1) is 38.1 Å². The van der Waals surface area contributed by atoms with Gasteiger partial charge in [0.25, 0.3) is 5.91 Å². The molecule has 1 amide bonds. The Morgan fingerprint density at radius 2 is 1.70 bits per heavy atom. The molecule has 3 aromatic carbocycles. The van der Waals surface area contributed by atoms with E-state index >= 15 is 0 Å². The standard InChI is InChI=1S/C34H37N3O6/c1-20(26-19-35-27-11-7-6-10-23(26)27)33(38)37-34(39)25-18-29(22-16-30(41-3)32(43-5)31(17-22)42-4)36-28-13-12-21(15-24(25)28)9-8-14-40-2/h6-7,10-13,15-20,33,35,38H,8-9,14H2,1-5H3,(H,37,39)/t20?,33-/m1/s1. The van der Waals surface area contributed by atoms with E-state index in [1.54, 1.807) is 46.6 Å². The van der Waals surface area contributed by atoms with Crippen molar-refractivity contribution in [3.8, 4) is 28.5 Å². The highest BCUT2D eigenvalue weighted by Crippen LogP contribution is 2.41. The van der Waals surface area contributed by atoms with Gasteiger partial charge in [0.15, 0.2) is 11.5 Å². The van der Waals surface area contributed by atoms with Gasteiger partial charge in [-0.05, 0) is 60.4 Å². The first-order valence-electron chi connectivity index (χ1n) is 14.2. The molecule has 0 spiro atoms. The number of para-hydroxylation sites is 1.